The van der Waals surface area contributed by atoms with Gasteiger partial charge in [-0.1, -0.05) is 96.6 Å². The second-order valence-corrected chi connectivity index (χ2v) is 10.3. The van der Waals surface area contributed by atoms with Crippen LogP contribution in [0.3, 0.4) is 0 Å². The largest absolute Gasteiger partial charge is 0.286 e. The van der Waals surface area contributed by atoms with Crippen LogP contribution >= 0.6 is 11.8 Å². The van der Waals surface area contributed by atoms with Crippen molar-refractivity contribution in [2.45, 2.75) is 13.3 Å². The normalized spacial score (nSPS) is 15.9. The summed E-state index contributed by atoms with van der Waals surface area (Å²) in [4.78, 5) is 21.2. The molecular formula is C33H26N2OS. The summed E-state index contributed by atoms with van der Waals surface area (Å²) in [7, 11) is 0. The Bertz CT molecular complexity index is 1620. The highest BCUT2D eigenvalue weighted by Gasteiger charge is 2.33. The van der Waals surface area contributed by atoms with Crippen molar-refractivity contribution in [3.63, 3.8) is 0 Å². The SMILES string of the molecule is Cc1ccc(N=C2S/C(=C/c3c4ccccc4cc4ccccc34)C(=O)N2CCc2ccccc2)cc1. The fraction of sp³-hybridized carbons (Fsp3) is 0.0909. The van der Waals surface area contributed by atoms with Crippen LogP contribution in [0.2, 0.25) is 0 Å². The Hall–Kier alpha value is -4.15. The Labute approximate surface area is 221 Å². The molecule has 1 amide bonds. The molecule has 6 rings (SSSR count). The van der Waals surface area contributed by atoms with Crippen LogP contribution in [0.15, 0.2) is 119 Å². The van der Waals surface area contributed by atoms with Crippen molar-refractivity contribution in [1.29, 1.82) is 0 Å². The van der Waals surface area contributed by atoms with Gasteiger partial charge < -0.3 is 0 Å². The average molecular weight is 499 g/mol. The highest BCUT2D eigenvalue weighted by Crippen LogP contribution is 2.37. The van der Waals surface area contributed by atoms with Gasteiger partial charge in [0, 0.05) is 6.54 Å². The monoisotopic (exact) mass is 498 g/mol. The predicted octanol–water partition coefficient (Wildman–Crippen LogP) is 8.15. The summed E-state index contributed by atoms with van der Waals surface area (Å²) in [6.45, 7) is 2.64. The van der Waals surface area contributed by atoms with Gasteiger partial charge in [-0.3, -0.25) is 9.69 Å². The first-order chi connectivity index (χ1) is 18.2. The van der Waals surface area contributed by atoms with E-state index < -0.39 is 0 Å². The molecular weight excluding hydrogens is 472 g/mol. The van der Waals surface area contributed by atoms with Crippen molar-refractivity contribution in [2.75, 3.05) is 6.54 Å². The number of carbonyl (C=O) groups excluding carboxylic acids is 1. The molecule has 0 unspecified atom stereocenters. The number of hydrogen-bond acceptors (Lipinski definition) is 3. The van der Waals surface area contributed by atoms with Crippen molar-refractivity contribution in [2.24, 2.45) is 4.99 Å². The van der Waals surface area contributed by atoms with Gasteiger partial charge in [-0.05, 0) is 82.1 Å². The molecule has 1 saturated heterocycles. The summed E-state index contributed by atoms with van der Waals surface area (Å²) in [5.41, 5.74) is 4.31. The lowest BCUT2D eigenvalue weighted by Gasteiger charge is -2.15. The number of amides is 1. The summed E-state index contributed by atoms with van der Waals surface area (Å²) < 4.78 is 0. The van der Waals surface area contributed by atoms with Crippen molar-refractivity contribution < 1.29 is 4.79 Å². The number of aryl methyl sites for hydroxylation is 1. The van der Waals surface area contributed by atoms with Gasteiger partial charge in [0.1, 0.15) is 0 Å². The fourth-order valence-electron chi connectivity index (χ4n) is 4.74. The first-order valence-corrected chi connectivity index (χ1v) is 13.3. The van der Waals surface area contributed by atoms with E-state index in [1.807, 2.05) is 47.4 Å². The van der Waals surface area contributed by atoms with Gasteiger partial charge in [-0.25, -0.2) is 4.99 Å². The third-order valence-corrected chi connectivity index (χ3v) is 7.71. The van der Waals surface area contributed by atoms with Gasteiger partial charge in [0.05, 0.1) is 10.6 Å². The summed E-state index contributed by atoms with van der Waals surface area (Å²) >= 11 is 1.46. The molecule has 5 aromatic rings. The van der Waals surface area contributed by atoms with E-state index >= 15 is 0 Å². The summed E-state index contributed by atoms with van der Waals surface area (Å²) in [5.74, 6) is 0.00353. The molecule has 0 spiro atoms. The Morgan fingerprint density at radius 3 is 2.08 bits per heavy atom. The van der Waals surface area contributed by atoms with E-state index in [0.717, 1.165) is 44.4 Å². The van der Waals surface area contributed by atoms with Gasteiger partial charge in [0.25, 0.3) is 5.91 Å². The van der Waals surface area contributed by atoms with Crippen LogP contribution in [-0.4, -0.2) is 22.5 Å². The number of fused-ring (bicyclic) bond motifs is 2. The third-order valence-electron chi connectivity index (χ3n) is 6.70. The third kappa shape index (κ3) is 4.81. The Balaban J connectivity index is 1.44. The van der Waals surface area contributed by atoms with Gasteiger partial charge >= 0.3 is 0 Å². The first kappa shape index (κ1) is 23.3. The minimum Gasteiger partial charge on any atom is -0.286 e. The summed E-state index contributed by atoms with van der Waals surface area (Å²) in [5, 5.41) is 5.33. The molecule has 0 atom stereocenters. The van der Waals surface area contributed by atoms with Crippen LogP contribution < -0.4 is 0 Å². The second kappa shape index (κ2) is 10.1. The van der Waals surface area contributed by atoms with E-state index in [1.165, 1.54) is 22.9 Å². The molecule has 37 heavy (non-hydrogen) atoms. The highest BCUT2D eigenvalue weighted by molar-refractivity contribution is 8.18. The van der Waals surface area contributed by atoms with E-state index in [9.17, 15) is 4.79 Å². The smallest absolute Gasteiger partial charge is 0.266 e. The molecule has 0 bridgehead atoms. The average Bonchev–Trinajstić information content (AvgIpc) is 3.22. The molecule has 1 aliphatic heterocycles. The number of benzene rings is 5. The quantitative estimate of drug-likeness (QED) is 0.181. The van der Waals surface area contributed by atoms with E-state index in [4.69, 9.17) is 4.99 Å². The van der Waals surface area contributed by atoms with Crippen molar-refractivity contribution in [1.82, 2.24) is 4.90 Å². The zero-order chi connectivity index (χ0) is 25.2. The van der Waals surface area contributed by atoms with Gasteiger partial charge in [-0.15, -0.1) is 0 Å². The molecule has 1 fully saturated rings. The molecule has 1 aliphatic rings. The summed E-state index contributed by atoms with van der Waals surface area (Å²) in [6, 6.07) is 37.4. The lowest BCUT2D eigenvalue weighted by molar-refractivity contribution is -0.122. The second-order valence-electron chi connectivity index (χ2n) is 9.27. The first-order valence-electron chi connectivity index (χ1n) is 12.5. The maximum absolute atomic E-state index is 13.8. The molecule has 0 aliphatic carbocycles. The number of nitrogens with zero attached hydrogens (tertiary/aromatic N) is 2. The molecule has 0 aromatic heterocycles. The fourth-order valence-corrected chi connectivity index (χ4v) is 5.75. The van der Waals surface area contributed by atoms with Crippen LogP contribution in [0.1, 0.15) is 16.7 Å². The topological polar surface area (TPSA) is 32.7 Å². The number of rotatable bonds is 5. The number of carbonyl (C=O) groups is 1. The molecule has 0 saturated carbocycles. The molecule has 180 valence electrons. The number of thioether (sulfide) groups is 1. The van der Waals surface area contributed by atoms with Crippen LogP contribution in [0, 0.1) is 6.92 Å². The standard InChI is InChI=1S/C33H26N2OS/c1-23-15-17-27(18-16-23)34-33-35(20-19-24-9-3-2-4-10-24)32(36)31(37-33)22-30-28-13-7-5-11-25(28)21-26-12-6-8-14-29(26)30/h2-18,21-22H,19-20H2,1H3/b31-22+,34-33?. The zero-order valence-electron chi connectivity index (χ0n) is 20.6. The summed E-state index contributed by atoms with van der Waals surface area (Å²) in [6.07, 6.45) is 2.83. The Kier molecular flexibility index (Phi) is 6.33. The van der Waals surface area contributed by atoms with Gasteiger partial charge in [0.15, 0.2) is 5.17 Å². The predicted molar refractivity (Wildman–Crippen MR) is 157 cm³/mol. The maximum Gasteiger partial charge on any atom is 0.266 e. The van der Waals surface area contributed by atoms with Crippen molar-refractivity contribution in [3.05, 3.63) is 131 Å². The Morgan fingerprint density at radius 2 is 1.41 bits per heavy atom. The van der Waals surface area contributed by atoms with Crippen molar-refractivity contribution >= 4 is 56.1 Å². The van der Waals surface area contributed by atoms with Crippen LogP contribution in [0.4, 0.5) is 5.69 Å². The minimum absolute atomic E-state index is 0.00353. The molecule has 0 N–H and O–H groups in total. The van der Waals surface area contributed by atoms with Crippen LogP contribution in [0.5, 0.6) is 0 Å². The molecule has 1 heterocycles. The lowest BCUT2D eigenvalue weighted by Crippen LogP contribution is -2.31. The van der Waals surface area contributed by atoms with Gasteiger partial charge in [0.2, 0.25) is 0 Å². The van der Waals surface area contributed by atoms with E-state index in [-0.39, 0.29) is 5.91 Å². The van der Waals surface area contributed by atoms with Gasteiger partial charge in [-0.2, -0.15) is 0 Å². The molecule has 4 heteroatoms. The maximum atomic E-state index is 13.8. The number of aliphatic imine (C=N–C) groups is 1. The number of hydrogen-bond donors (Lipinski definition) is 0. The van der Waals surface area contributed by atoms with Crippen LogP contribution in [0.25, 0.3) is 27.6 Å². The highest BCUT2D eigenvalue weighted by atomic mass is 32.2. The van der Waals surface area contributed by atoms with E-state index in [2.05, 4.69) is 79.7 Å². The molecule has 3 nitrogen and oxygen atoms in total. The minimum atomic E-state index is 0.00353. The van der Waals surface area contributed by atoms with Crippen molar-refractivity contribution in [3.8, 4) is 0 Å². The van der Waals surface area contributed by atoms with E-state index in [1.54, 1.807) is 0 Å². The Morgan fingerprint density at radius 1 is 0.784 bits per heavy atom. The molecule has 5 aromatic carbocycles. The van der Waals surface area contributed by atoms with Crippen LogP contribution in [-0.2, 0) is 11.2 Å². The van der Waals surface area contributed by atoms with E-state index in [0.29, 0.717) is 11.4 Å². The molecule has 0 radical (unpaired) electrons. The zero-order valence-corrected chi connectivity index (χ0v) is 21.4. The number of amidine groups is 1. The lowest BCUT2D eigenvalue weighted by atomic mass is 9.96.